The Morgan fingerprint density at radius 1 is 1.47 bits per heavy atom. The summed E-state index contributed by atoms with van der Waals surface area (Å²) >= 11 is 0. The predicted octanol–water partition coefficient (Wildman–Crippen LogP) is 3.76. The minimum atomic E-state index is 0.529. The lowest BCUT2D eigenvalue weighted by Crippen LogP contribution is -1.99. The summed E-state index contributed by atoms with van der Waals surface area (Å²) in [4.78, 5) is 0. The Balaban J connectivity index is 2.78. The lowest BCUT2D eigenvalue weighted by Gasteiger charge is -2.11. The van der Waals surface area contributed by atoms with Gasteiger partial charge in [0, 0.05) is 0 Å². The number of ether oxygens (including phenoxy) is 1. The molecule has 0 amide bonds. The van der Waals surface area contributed by atoms with Gasteiger partial charge in [-0.2, -0.15) is 0 Å². The van der Waals surface area contributed by atoms with Crippen molar-refractivity contribution in [2.45, 2.75) is 27.2 Å². The SMILES string of the molecule is C=CC(C)Cc1ccc(OCC)cc1C. The molecule has 1 nitrogen and oxygen atoms in total. The summed E-state index contributed by atoms with van der Waals surface area (Å²) in [5.41, 5.74) is 2.68. The van der Waals surface area contributed by atoms with Gasteiger partial charge in [0.1, 0.15) is 5.75 Å². The topological polar surface area (TPSA) is 9.23 Å². The molecule has 1 atom stereocenters. The normalized spacial score (nSPS) is 12.2. The van der Waals surface area contributed by atoms with Gasteiger partial charge in [0.2, 0.25) is 0 Å². The largest absolute Gasteiger partial charge is 0.494 e. The Hall–Kier alpha value is -1.24. The zero-order valence-corrected chi connectivity index (χ0v) is 9.92. The van der Waals surface area contributed by atoms with Crippen LogP contribution in [0.15, 0.2) is 30.9 Å². The molecular weight excluding hydrogens is 184 g/mol. The first-order chi connectivity index (χ1) is 7.17. The molecule has 1 aromatic carbocycles. The van der Waals surface area contributed by atoms with Crippen molar-refractivity contribution in [3.63, 3.8) is 0 Å². The monoisotopic (exact) mass is 204 g/mol. The number of hydrogen-bond donors (Lipinski definition) is 0. The molecule has 0 N–H and O–H groups in total. The van der Waals surface area contributed by atoms with E-state index in [0.29, 0.717) is 5.92 Å². The molecule has 0 aliphatic heterocycles. The minimum absolute atomic E-state index is 0.529. The van der Waals surface area contributed by atoms with Crippen LogP contribution in [-0.4, -0.2) is 6.61 Å². The van der Waals surface area contributed by atoms with E-state index < -0.39 is 0 Å². The van der Waals surface area contributed by atoms with E-state index in [9.17, 15) is 0 Å². The molecule has 1 rings (SSSR count). The fraction of sp³-hybridized carbons (Fsp3) is 0.429. The third kappa shape index (κ3) is 3.43. The maximum Gasteiger partial charge on any atom is 0.119 e. The third-order valence-electron chi connectivity index (χ3n) is 2.57. The quantitative estimate of drug-likeness (QED) is 0.664. The van der Waals surface area contributed by atoms with Crippen molar-refractivity contribution in [1.29, 1.82) is 0 Å². The van der Waals surface area contributed by atoms with Crippen LogP contribution in [0.2, 0.25) is 0 Å². The molecule has 0 saturated carbocycles. The number of rotatable bonds is 5. The molecular formula is C14H20O. The molecule has 0 aliphatic rings. The van der Waals surface area contributed by atoms with Crippen molar-refractivity contribution in [3.05, 3.63) is 42.0 Å². The van der Waals surface area contributed by atoms with E-state index in [-0.39, 0.29) is 0 Å². The van der Waals surface area contributed by atoms with Gasteiger partial charge in [-0.25, -0.2) is 0 Å². The average Bonchev–Trinajstić information content (AvgIpc) is 2.22. The molecule has 0 radical (unpaired) electrons. The highest BCUT2D eigenvalue weighted by Crippen LogP contribution is 2.20. The second-order valence-electron chi connectivity index (χ2n) is 3.94. The summed E-state index contributed by atoms with van der Waals surface area (Å²) in [6, 6.07) is 6.30. The fourth-order valence-corrected chi connectivity index (χ4v) is 1.58. The van der Waals surface area contributed by atoms with Gasteiger partial charge >= 0.3 is 0 Å². The number of hydrogen-bond acceptors (Lipinski definition) is 1. The van der Waals surface area contributed by atoms with Crippen LogP contribution in [0.25, 0.3) is 0 Å². The van der Waals surface area contributed by atoms with Crippen molar-refractivity contribution in [3.8, 4) is 5.75 Å². The van der Waals surface area contributed by atoms with E-state index in [4.69, 9.17) is 4.74 Å². The van der Waals surface area contributed by atoms with Crippen molar-refractivity contribution in [2.75, 3.05) is 6.61 Å². The number of allylic oxidation sites excluding steroid dienone is 1. The zero-order valence-electron chi connectivity index (χ0n) is 9.92. The Morgan fingerprint density at radius 2 is 2.20 bits per heavy atom. The summed E-state index contributed by atoms with van der Waals surface area (Å²) < 4.78 is 5.45. The lowest BCUT2D eigenvalue weighted by molar-refractivity contribution is 0.340. The van der Waals surface area contributed by atoms with E-state index in [1.54, 1.807) is 0 Å². The smallest absolute Gasteiger partial charge is 0.119 e. The van der Waals surface area contributed by atoms with Gasteiger partial charge in [-0.05, 0) is 49.4 Å². The summed E-state index contributed by atoms with van der Waals surface area (Å²) in [6.07, 6.45) is 3.05. The highest BCUT2D eigenvalue weighted by molar-refractivity contribution is 5.35. The van der Waals surface area contributed by atoms with Gasteiger partial charge < -0.3 is 4.74 Å². The van der Waals surface area contributed by atoms with E-state index in [2.05, 4.69) is 32.6 Å². The Kier molecular flexibility index (Phi) is 4.41. The van der Waals surface area contributed by atoms with Crippen LogP contribution < -0.4 is 4.74 Å². The highest BCUT2D eigenvalue weighted by Gasteiger charge is 2.03. The molecule has 1 aromatic rings. The Morgan fingerprint density at radius 3 is 2.73 bits per heavy atom. The number of benzene rings is 1. The molecule has 82 valence electrons. The van der Waals surface area contributed by atoms with E-state index in [1.807, 2.05) is 19.1 Å². The van der Waals surface area contributed by atoms with E-state index in [0.717, 1.165) is 18.8 Å². The molecule has 1 heteroatoms. The molecule has 1 unspecified atom stereocenters. The molecule has 0 aromatic heterocycles. The second-order valence-corrected chi connectivity index (χ2v) is 3.94. The maximum absolute atomic E-state index is 5.45. The molecule has 0 aliphatic carbocycles. The summed E-state index contributed by atoms with van der Waals surface area (Å²) in [6.45, 7) is 10.9. The molecule has 15 heavy (non-hydrogen) atoms. The van der Waals surface area contributed by atoms with Gasteiger partial charge in [-0.3, -0.25) is 0 Å². The summed E-state index contributed by atoms with van der Waals surface area (Å²) in [5.74, 6) is 1.49. The van der Waals surface area contributed by atoms with Gasteiger partial charge in [0.05, 0.1) is 6.61 Å². The van der Waals surface area contributed by atoms with Crippen LogP contribution in [0.5, 0.6) is 5.75 Å². The van der Waals surface area contributed by atoms with Crippen molar-refractivity contribution >= 4 is 0 Å². The maximum atomic E-state index is 5.45. The van der Waals surface area contributed by atoms with Gasteiger partial charge in [-0.1, -0.05) is 19.1 Å². The Bertz CT molecular complexity index is 328. The molecule has 0 heterocycles. The zero-order chi connectivity index (χ0) is 11.3. The van der Waals surface area contributed by atoms with Crippen molar-refractivity contribution in [2.24, 2.45) is 5.92 Å². The predicted molar refractivity (Wildman–Crippen MR) is 65.4 cm³/mol. The van der Waals surface area contributed by atoms with Crippen LogP contribution >= 0.6 is 0 Å². The van der Waals surface area contributed by atoms with Gasteiger partial charge in [0.25, 0.3) is 0 Å². The standard InChI is InChI=1S/C14H20O/c1-5-11(3)9-13-7-8-14(15-6-2)10-12(13)4/h5,7-8,10-11H,1,6,9H2,2-4H3. The fourth-order valence-electron chi connectivity index (χ4n) is 1.58. The minimum Gasteiger partial charge on any atom is -0.494 e. The van der Waals surface area contributed by atoms with Crippen LogP contribution in [0.4, 0.5) is 0 Å². The van der Waals surface area contributed by atoms with E-state index >= 15 is 0 Å². The van der Waals surface area contributed by atoms with Crippen LogP contribution in [0.1, 0.15) is 25.0 Å². The van der Waals surface area contributed by atoms with Crippen LogP contribution in [0, 0.1) is 12.8 Å². The molecule has 0 spiro atoms. The summed E-state index contributed by atoms with van der Waals surface area (Å²) in [5, 5.41) is 0. The van der Waals surface area contributed by atoms with Gasteiger partial charge in [-0.15, -0.1) is 6.58 Å². The summed E-state index contributed by atoms with van der Waals surface area (Å²) in [7, 11) is 0. The average molecular weight is 204 g/mol. The van der Waals surface area contributed by atoms with Crippen molar-refractivity contribution < 1.29 is 4.74 Å². The first kappa shape index (κ1) is 11.8. The highest BCUT2D eigenvalue weighted by atomic mass is 16.5. The number of aryl methyl sites for hydroxylation is 1. The first-order valence-corrected chi connectivity index (χ1v) is 5.52. The molecule has 0 bridgehead atoms. The van der Waals surface area contributed by atoms with Gasteiger partial charge in [0.15, 0.2) is 0 Å². The van der Waals surface area contributed by atoms with Crippen LogP contribution in [0.3, 0.4) is 0 Å². The molecule has 0 saturated heterocycles. The first-order valence-electron chi connectivity index (χ1n) is 5.52. The lowest BCUT2D eigenvalue weighted by atomic mass is 9.97. The second kappa shape index (κ2) is 5.59. The van der Waals surface area contributed by atoms with Crippen LogP contribution in [-0.2, 0) is 6.42 Å². The third-order valence-corrected chi connectivity index (χ3v) is 2.57. The van der Waals surface area contributed by atoms with E-state index in [1.165, 1.54) is 11.1 Å². The Labute approximate surface area is 92.8 Å². The van der Waals surface area contributed by atoms with Crippen molar-refractivity contribution in [1.82, 2.24) is 0 Å². The molecule has 0 fully saturated rings.